The van der Waals surface area contributed by atoms with Gasteiger partial charge < -0.3 is 15.2 Å². The normalized spacial score (nSPS) is 11.8. The highest BCUT2D eigenvalue weighted by Crippen LogP contribution is 2.19. The molecule has 1 aromatic heterocycles. The van der Waals surface area contributed by atoms with Gasteiger partial charge in [-0.3, -0.25) is 4.99 Å². The number of halogens is 2. The van der Waals surface area contributed by atoms with E-state index in [0.717, 1.165) is 42.1 Å². The summed E-state index contributed by atoms with van der Waals surface area (Å²) in [5.74, 6) is 2.76. The Morgan fingerprint density at radius 2 is 1.96 bits per heavy atom. The van der Waals surface area contributed by atoms with E-state index in [4.69, 9.17) is 16.6 Å². The second-order valence-corrected chi connectivity index (χ2v) is 8.73. The second-order valence-electron chi connectivity index (χ2n) is 7.13. The molecular weight excluding hydrogens is 507 g/mol. The van der Waals surface area contributed by atoms with Crippen molar-refractivity contribution in [1.82, 2.24) is 25.4 Å². The first-order valence-electron chi connectivity index (χ1n) is 9.19. The van der Waals surface area contributed by atoms with Gasteiger partial charge in [0.25, 0.3) is 0 Å². The highest BCUT2D eigenvalue weighted by Gasteiger charge is 2.12. The number of guanidine groups is 1. The summed E-state index contributed by atoms with van der Waals surface area (Å²) in [4.78, 5) is 5.92. The lowest BCUT2D eigenvalue weighted by atomic mass is 10.1. The molecule has 0 spiro atoms. The molecule has 0 amide bonds. The Bertz CT molecular complexity index is 727. The van der Waals surface area contributed by atoms with Crippen LogP contribution in [0.25, 0.3) is 0 Å². The molecule has 0 aliphatic heterocycles. The molecule has 0 aliphatic carbocycles. The van der Waals surface area contributed by atoms with Gasteiger partial charge in [0.15, 0.2) is 5.96 Å². The number of hydrogen-bond donors (Lipinski definition) is 2. The van der Waals surface area contributed by atoms with E-state index in [9.17, 15) is 0 Å². The fraction of sp³-hybridized carbons (Fsp3) is 0.526. The minimum absolute atomic E-state index is 0. The number of nitrogens with zero attached hydrogens (tertiary/aromatic N) is 4. The molecule has 9 heteroatoms. The fourth-order valence-corrected chi connectivity index (χ4v) is 3.27. The number of aryl methyl sites for hydroxylation is 1. The molecule has 6 nitrogen and oxygen atoms in total. The molecular formula is C19H30ClIN6S. The summed E-state index contributed by atoms with van der Waals surface area (Å²) in [5.41, 5.74) is -0.0553. The van der Waals surface area contributed by atoms with Gasteiger partial charge in [-0.05, 0) is 45.0 Å². The van der Waals surface area contributed by atoms with E-state index in [0.29, 0.717) is 6.54 Å². The predicted octanol–water partition coefficient (Wildman–Crippen LogP) is 4.24. The van der Waals surface area contributed by atoms with Gasteiger partial charge in [0.2, 0.25) is 0 Å². The van der Waals surface area contributed by atoms with Gasteiger partial charge in [0.05, 0.1) is 6.54 Å². The van der Waals surface area contributed by atoms with Crippen LogP contribution in [0, 0.1) is 0 Å². The average molecular weight is 537 g/mol. The van der Waals surface area contributed by atoms with E-state index < -0.39 is 0 Å². The van der Waals surface area contributed by atoms with Crippen molar-refractivity contribution < 1.29 is 0 Å². The van der Waals surface area contributed by atoms with Gasteiger partial charge in [-0.25, -0.2) is 0 Å². The molecule has 0 saturated heterocycles. The summed E-state index contributed by atoms with van der Waals surface area (Å²) in [5, 5.41) is 15.7. The van der Waals surface area contributed by atoms with Crippen LogP contribution < -0.4 is 10.6 Å². The van der Waals surface area contributed by atoms with Crippen LogP contribution in [0.1, 0.15) is 33.5 Å². The number of hydrogen-bond acceptors (Lipinski definition) is 4. The van der Waals surface area contributed by atoms with Crippen LogP contribution in [0.5, 0.6) is 0 Å². The maximum atomic E-state index is 5.93. The molecule has 0 aliphatic rings. The lowest BCUT2D eigenvalue weighted by molar-refractivity contribution is 0.501. The van der Waals surface area contributed by atoms with E-state index in [1.54, 1.807) is 18.1 Å². The summed E-state index contributed by atoms with van der Waals surface area (Å²) in [6.07, 6.45) is 2.64. The number of benzene rings is 1. The van der Waals surface area contributed by atoms with Crippen LogP contribution in [0.3, 0.4) is 0 Å². The molecule has 28 heavy (non-hydrogen) atoms. The highest BCUT2D eigenvalue weighted by atomic mass is 127. The largest absolute Gasteiger partial charge is 0.356 e. The van der Waals surface area contributed by atoms with Crippen LogP contribution in [0.15, 0.2) is 40.5 Å². The van der Waals surface area contributed by atoms with E-state index >= 15 is 0 Å². The Labute approximate surface area is 194 Å². The number of thioether (sulfide) groups is 1. The minimum atomic E-state index is -0.0553. The fourth-order valence-electron chi connectivity index (χ4n) is 2.37. The molecule has 0 radical (unpaired) electrons. The second kappa shape index (κ2) is 12.5. The third kappa shape index (κ3) is 9.47. The Hall–Kier alpha value is -1.000. The molecule has 0 atom stereocenters. The molecule has 0 bridgehead atoms. The number of nitrogens with one attached hydrogen (secondary N) is 2. The smallest absolute Gasteiger partial charge is 0.191 e. The van der Waals surface area contributed by atoms with E-state index in [-0.39, 0.29) is 29.5 Å². The summed E-state index contributed by atoms with van der Waals surface area (Å²) >= 11 is 7.72. The summed E-state index contributed by atoms with van der Waals surface area (Å²) in [7, 11) is 0. The topological polar surface area (TPSA) is 67.1 Å². The molecule has 2 N–H and O–H groups in total. The third-order valence-electron chi connectivity index (χ3n) is 3.59. The van der Waals surface area contributed by atoms with Crippen molar-refractivity contribution in [3.63, 3.8) is 0 Å². The quantitative estimate of drug-likeness (QED) is 0.174. The maximum Gasteiger partial charge on any atom is 0.191 e. The van der Waals surface area contributed by atoms with E-state index in [1.807, 2.05) is 24.3 Å². The van der Waals surface area contributed by atoms with Crippen LogP contribution in [-0.4, -0.2) is 45.1 Å². The van der Waals surface area contributed by atoms with Gasteiger partial charge >= 0.3 is 0 Å². The highest BCUT2D eigenvalue weighted by molar-refractivity contribution is 14.0. The molecule has 2 rings (SSSR count). The summed E-state index contributed by atoms with van der Waals surface area (Å²) in [6.45, 7) is 10.7. The van der Waals surface area contributed by atoms with Gasteiger partial charge in [0.1, 0.15) is 12.2 Å². The molecule has 0 saturated carbocycles. The molecule has 2 aromatic rings. The SMILES string of the molecule is CCc1nncn1CCN=C(NCCSc1ccc(Cl)cc1)NC(C)(C)C.I. The monoisotopic (exact) mass is 536 g/mol. The van der Waals surface area contributed by atoms with Crippen molar-refractivity contribution in [3.05, 3.63) is 41.4 Å². The van der Waals surface area contributed by atoms with Crippen LogP contribution in [0.2, 0.25) is 5.02 Å². The van der Waals surface area contributed by atoms with Crippen molar-refractivity contribution in [2.24, 2.45) is 4.99 Å². The number of aliphatic imine (C=N–C) groups is 1. The summed E-state index contributed by atoms with van der Waals surface area (Å²) < 4.78 is 2.05. The Morgan fingerprint density at radius 1 is 1.25 bits per heavy atom. The zero-order chi connectivity index (χ0) is 19.7. The molecule has 1 aromatic carbocycles. The zero-order valence-electron chi connectivity index (χ0n) is 16.9. The number of aromatic nitrogens is 3. The zero-order valence-corrected chi connectivity index (χ0v) is 20.8. The van der Waals surface area contributed by atoms with Crippen molar-refractivity contribution in [2.45, 2.75) is 51.1 Å². The van der Waals surface area contributed by atoms with Crippen molar-refractivity contribution >= 4 is 53.3 Å². The van der Waals surface area contributed by atoms with Gasteiger partial charge in [0, 0.05) is 40.7 Å². The first-order chi connectivity index (χ1) is 12.9. The predicted molar refractivity (Wildman–Crippen MR) is 130 cm³/mol. The Balaban J connectivity index is 0.00000392. The first-order valence-corrected chi connectivity index (χ1v) is 10.6. The lowest BCUT2D eigenvalue weighted by Crippen LogP contribution is -2.48. The Morgan fingerprint density at radius 3 is 2.61 bits per heavy atom. The Kier molecular flexibility index (Phi) is 11.2. The summed E-state index contributed by atoms with van der Waals surface area (Å²) in [6, 6.07) is 7.92. The maximum absolute atomic E-state index is 5.93. The van der Waals surface area contributed by atoms with Gasteiger partial charge in [-0.15, -0.1) is 45.9 Å². The molecule has 0 unspecified atom stereocenters. The van der Waals surface area contributed by atoms with Crippen molar-refractivity contribution in [2.75, 3.05) is 18.8 Å². The molecule has 0 fully saturated rings. The van der Waals surface area contributed by atoms with Crippen molar-refractivity contribution in [3.8, 4) is 0 Å². The van der Waals surface area contributed by atoms with E-state index in [2.05, 4.69) is 53.1 Å². The van der Waals surface area contributed by atoms with Gasteiger partial charge in [-0.2, -0.15) is 0 Å². The standard InChI is InChI=1S/C19H29ClN6S.HI/c1-5-17-25-23-14-26(17)12-10-21-18(24-19(2,3)4)22-11-13-27-16-8-6-15(20)7-9-16;/h6-9,14H,5,10-13H2,1-4H3,(H2,21,22,24);1H. The lowest BCUT2D eigenvalue weighted by Gasteiger charge is -2.24. The van der Waals surface area contributed by atoms with Crippen LogP contribution in [0.4, 0.5) is 0 Å². The van der Waals surface area contributed by atoms with Crippen molar-refractivity contribution in [1.29, 1.82) is 0 Å². The van der Waals surface area contributed by atoms with Gasteiger partial charge in [-0.1, -0.05) is 18.5 Å². The molecule has 1 heterocycles. The van der Waals surface area contributed by atoms with Crippen LogP contribution in [-0.2, 0) is 13.0 Å². The first kappa shape index (κ1) is 25.0. The van der Waals surface area contributed by atoms with Crippen LogP contribution >= 0.6 is 47.3 Å². The number of rotatable bonds is 8. The van der Waals surface area contributed by atoms with E-state index in [1.165, 1.54) is 4.90 Å². The molecule has 156 valence electrons. The minimum Gasteiger partial charge on any atom is -0.356 e. The third-order valence-corrected chi connectivity index (χ3v) is 4.86. The average Bonchev–Trinajstić information content (AvgIpc) is 3.06.